The molecule has 3 aromatic rings. The van der Waals surface area contributed by atoms with Crippen molar-refractivity contribution in [3.63, 3.8) is 0 Å². The second-order valence-corrected chi connectivity index (χ2v) is 8.30. The molecule has 0 atom stereocenters. The minimum Gasteiger partial charge on any atom is -0.497 e. The van der Waals surface area contributed by atoms with Gasteiger partial charge < -0.3 is 18.9 Å². The van der Waals surface area contributed by atoms with Gasteiger partial charge in [-0.1, -0.05) is 0 Å². The van der Waals surface area contributed by atoms with Crippen LogP contribution in [0.15, 0.2) is 59.5 Å². The van der Waals surface area contributed by atoms with Gasteiger partial charge in [-0.2, -0.15) is 0 Å². The van der Waals surface area contributed by atoms with Crippen molar-refractivity contribution < 1.29 is 27.4 Å². The number of nitrogens with one attached hydrogen (secondary N) is 1. The van der Waals surface area contributed by atoms with E-state index in [2.05, 4.69) is 14.9 Å². The van der Waals surface area contributed by atoms with Crippen molar-refractivity contribution in [2.24, 2.45) is 0 Å². The molecule has 0 aliphatic carbocycles. The van der Waals surface area contributed by atoms with Gasteiger partial charge in [0.15, 0.2) is 11.5 Å². The van der Waals surface area contributed by atoms with E-state index in [-0.39, 0.29) is 18.0 Å². The van der Waals surface area contributed by atoms with E-state index in [0.717, 1.165) is 11.3 Å². The maximum Gasteiger partial charge on any atom is 0.240 e. The van der Waals surface area contributed by atoms with Crippen LogP contribution in [0.4, 0.5) is 0 Å². The van der Waals surface area contributed by atoms with Crippen molar-refractivity contribution in [3.8, 4) is 34.4 Å². The van der Waals surface area contributed by atoms with Crippen LogP contribution in [0.1, 0.15) is 0 Å². The summed E-state index contributed by atoms with van der Waals surface area (Å²) in [4.78, 5) is 0.0976. The Labute approximate surface area is 180 Å². The number of benzene rings is 2. The summed E-state index contributed by atoms with van der Waals surface area (Å²) in [5, 5.41) is 8.17. The summed E-state index contributed by atoms with van der Waals surface area (Å²) in [6.07, 6.45) is 0. The first-order chi connectivity index (χ1) is 15.0. The van der Waals surface area contributed by atoms with E-state index in [4.69, 9.17) is 18.9 Å². The van der Waals surface area contributed by atoms with Gasteiger partial charge in [-0.15, -0.1) is 10.2 Å². The predicted octanol–water partition coefficient (Wildman–Crippen LogP) is 2.28. The molecular weight excluding hydrogens is 422 g/mol. The Morgan fingerprint density at radius 1 is 0.968 bits per heavy atom. The van der Waals surface area contributed by atoms with E-state index in [9.17, 15) is 8.42 Å². The van der Waals surface area contributed by atoms with E-state index in [0.29, 0.717) is 36.3 Å². The third kappa shape index (κ3) is 5.04. The molecular formula is C21H21N3O6S. The van der Waals surface area contributed by atoms with Crippen LogP contribution in [0, 0.1) is 0 Å². The van der Waals surface area contributed by atoms with Crippen LogP contribution in [-0.4, -0.2) is 52.1 Å². The van der Waals surface area contributed by atoms with Gasteiger partial charge in [0.25, 0.3) is 0 Å². The Balaban J connectivity index is 1.30. The molecule has 2 heterocycles. The highest BCUT2D eigenvalue weighted by atomic mass is 32.2. The third-order valence-corrected chi connectivity index (χ3v) is 5.95. The highest BCUT2D eigenvalue weighted by Gasteiger charge is 2.19. The number of ether oxygens (including phenoxy) is 4. The molecule has 9 nitrogen and oxygen atoms in total. The maximum absolute atomic E-state index is 12.5. The lowest BCUT2D eigenvalue weighted by atomic mass is 10.1. The number of hydrogen-bond acceptors (Lipinski definition) is 8. The van der Waals surface area contributed by atoms with Gasteiger partial charge in [0, 0.05) is 24.2 Å². The molecule has 0 spiro atoms. The molecule has 0 radical (unpaired) electrons. The number of hydrogen-bond donors (Lipinski definition) is 1. The van der Waals surface area contributed by atoms with Gasteiger partial charge in [-0.3, -0.25) is 0 Å². The van der Waals surface area contributed by atoms with Crippen molar-refractivity contribution in [1.82, 2.24) is 14.9 Å². The van der Waals surface area contributed by atoms with E-state index >= 15 is 0 Å². The van der Waals surface area contributed by atoms with Crippen molar-refractivity contribution in [1.29, 1.82) is 0 Å². The first kappa shape index (κ1) is 20.9. The molecule has 4 rings (SSSR count). The highest BCUT2D eigenvalue weighted by molar-refractivity contribution is 7.89. The molecule has 0 saturated carbocycles. The van der Waals surface area contributed by atoms with Crippen LogP contribution in [-0.2, 0) is 10.0 Å². The van der Waals surface area contributed by atoms with Gasteiger partial charge in [0.1, 0.15) is 25.6 Å². The van der Waals surface area contributed by atoms with Crippen molar-refractivity contribution in [2.45, 2.75) is 4.90 Å². The molecule has 1 aliphatic rings. The van der Waals surface area contributed by atoms with Gasteiger partial charge >= 0.3 is 0 Å². The number of aromatic nitrogens is 2. The Morgan fingerprint density at radius 2 is 1.74 bits per heavy atom. The number of sulfonamides is 1. The monoisotopic (exact) mass is 443 g/mol. The summed E-state index contributed by atoms with van der Waals surface area (Å²) in [5.41, 5.74) is 1.58. The minimum absolute atomic E-state index is 0.0681. The standard InChI is InChI=1S/C21H21N3O6S/c1-27-16-4-2-15(3-5-16)18-7-9-21(24-23-18)30-11-10-22-31(25,26)17-6-8-19-20(14-17)29-13-12-28-19/h2-9,14,22H,10-13H2,1H3. The van der Waals surface area contributed by atoms with Crippen LogP contribution < -0.4 is 23.7 Å². The first-order valence-electron chi connectivity index (χ1n) is 9.55. The molecule has 0 fully saturated rings. The molecule has 1 aromatic heterocycles. The summed E-state index contributed by atoms with van der Waals surface area (Å²) in [5.74, 6) is 2.01. The van der Waals surface area contributed by atoms with E-state index in [1.54, 1.807) is 25.3 Å². The number of rotatable bonds is 8. The van der Waals surface area contributed by atoms with Crippen molar-refractivity contribution >= 4 is 10.0 Å². The van der Waals surface area contributed by atoms with Gasteiger partial charge in [0.05, 0.1) is 17.7 Å². The number of fused-ring (bicyclic) bond motifs is 1. The lowest BCUT2D eigenvalue weighted by molar-refractivity contribution is 0.171. The van der Waals surface area contributed by atoms with Crippen LogP contribution in [0.25, 0.3) is 11.3 Å². The van der Waals surface area contributed by atoms with Crippen LogP contribution in [0.2, 0.25) is 0 Å². The fraction of sp³-hybridized carbons (Fsp3) is 0.238. The SMILES string of the molecule is COc1ccc(-c2ccc(OCCNS(=O)(=O)c3ccc4c(c3)OCCO4)nn2)cc1. The normalized spacial score (nSPS) is 12.9. The fourth-order valence-electron chi connectivity index (χ4n) is 2.92. The molecule has 1 N–H and O–H groups in total. The Bertz CT molecular complexity index is 1130. The zero-order chi connectivity index (χ0) is 21.7. The van der Waals surface area contributed by atoms with E-state index < -0.39 is 10.0 Å². The minimum atomic E-state index is -3.71. The molecule has 162 valence electrons. The first-order valence-corrected chi connectivity index (χ1v) is 11.0. The summed E-state index contributed by atoms with van der Waals surface area (Å²) in [7, 11) is -2.10. The average molecular weight is 443 g/mol. The molecule has 0 saturated heterocycles. The molecule has 10 heteroatoms. The van der Waals surface area contributed by atoms with Gasteiger partial charge in [-0.05, 0) is 42.5 Å². The summed E-state index contributed by atoms with van der Waals surface area (Å²) < 4.78 is 48.9. The smallest absolute Gasteiger partial charge is 0.240 e. The Hall–Kier alpha value is -3.37. The lowest BCUT2D eigenvalue weighted by Crippen LogP contribution is -2.28. The maximum atomic E-state index is 12.5. The van der Waals surface area contributed by atoms with Gasteiger partial charge in [-0.25, -0.2) is 13.1 Å². The largest absolute Gasteiger partial charge is 0.497 e. The van der Waals surface area contributed by atoms with Crippen LogP contribution >= 0.6 is 0 Å². The Kier molecular flexibility index (Phi) is 6.19. The third-order valence-electron chi connectivity index (χ3n) is 4.49. The predicted molar refractivity (Wildman–Crippen MR) is 112 cm³/mol. The molecule has 31 heavy (non-hydrogen) atoms. The zero-order valence-corrected chi connectivity index (χ0v) is 17.6. The van der Waals surface area contributed by atoms with Crippen molar-refractivity contribution in [2.75, 3.05) is 33.5 Å². The molecule has 0 bridgehead atoms. The number of nitrogens with zero attached hydrogens (tertiary/aromatic N) is 2. The summed E-state index contributed by atoms with van der Waals surface area (Å²) in [6.45, 7) is 0.994. The fourth-order valence-corrected chi connectivity index (χ4v) is 3.95. The van der Waals surface area contributed by atoms with Gasteiger partial charge in [0.2, 0.25) is 15.9 Å². The van der Waals surface area contributed by atoms with Crippen LogP contribution in [0.3, 0.4) is 0 Å². The Morgan fingerprint density at radius 3 is 2.45 bits per heavy atom. The summed E-state index contributed by atoms with van der Waals surface area (Å²) >= 11 is 0. The molecule has 0 amide bonds. The molecule has 0 unspecified atom stereocenters. The highest BCUT2D eigenvalue weighted by Crippen LogP contribution is 2.32. The van der Waals surface area contributed by atoms with E-state index in [1.807, 2.05) is 24.3 Å². The summed E-state index contributed by atoms with van der Waals surface area (Å²) in [6, 6.07) is 15.4. The van der Waals surface area contributed by atoms with Crippen molar-refractivity contribution in [3.05, 3.63) is 54.6 Å². The lowest BCUT2D eigenvalue weighted by Gasteiger charge is -2.18. The molecule has 2 aromatic carbocycles. The van der Waals surface area contributed by atoms with Crippen LogP contribution in [0.5, 0.6) is 23.1 Å². The number of methoxy groups -OCH3 is 1. The second-order valence-electron chi connectivity index (χ2n) is 6.54. The second kappa shape index (κ2) is 9.19. The van der Waals surface area contributed by atoms with E-state index in [1.165, 1.54) is 12.1 Å². The molecule has 1 aliphatic heterocycles. The zero-order valence-electron chi connectivity index (χ0n) is 16.8. The topological polar surface area (TPSA) is 109 Å². The average Bonchev–Trinajstić information content (AvgIpc) is 2.82. The quantitative estimate of drug-likeness (QED) is 0.528.